The van der Waals surface area contributed by atoms with E-state index >= 15 is 0 Å². The first kappa shape index (κ1) is 11.8. The molecule has 3 heteroatoms. The lowest BCUT2D eigenvalue weighted by atomic mass is 9.99. The molecular weight excluding hydrogens is 242 g/mol. The number of thiophene rings is 1. The van der Waals surface area contributed by atoms with Crippen LogP contribution in [-0.4, -0.2) is 13.7 Å². The van der Waals surface area contributed by atoms with Gasteiger partial charge in [0, 0.05) is 29.3 Å². The van der Waals surface area contributed by atoms with Crippen LogP contribution in [0.15, 0.2) is 35.7 Å². The van der Waals surface area contributed by atoms with Crippen molar-refractivity contribution in [2.75, 3.05) is 13.7 Å². The third-order valence-corrected chi connectivity index (χ3v) is 4.35. The van der Waals surface area contributed by atoms with E-state index in [1.54, 1.807) is 0 Å². The molecule has 2 aromatic rings. The number of rotatable bonds is 4. The van der Waals surface area contributed by atoms with Gasteiger partial charge in [0.25, 0.3) is 0 Å². The first-order valence-corrected chi connectivity index (χ1v) is 7.20. The predicted molar refractivity (Wildman–Crippen MR) is 75.5 cm³/mol. The van der Waals surface area contributed by atoms with E-state index in [0.29, 0.717) is 6.04 Å². The van der Waals surface area contributed by atoms with Crippen LogP contribution in [0.5, 0.6) is 5.75 Å². The Balaban J connectivity index is 1.90. The van der Waals surface area contributed by atoms with E-state index in [4.69, 9.17) is 4.74 Å². The van der Waals surface area contributed by atoms with Gasteiger partial charge in [0.2, 0.25) is 0 Å². The molecule has 1 N–H and O–H groups in total. The fraction of sp³-hybridized carbons (Fsp3) is 0.333. The van der Waals surface area contributed by atoms with Gasteiger partial charge in [0.1, 0.15) is 5.75 Å². The first-order valence-electron chi connectivity index (χ1n) is 6.32. The maximum Gasteiger partial charge on any atom is 0.127 e. The standard InChI is InChI=1S/C15H17NOS/c1-16-14(10-12-5-3-9-18-12)13-6-2-4-11-7-8-17-15(11)13/h2-6,9,14,16H,7-8,10H2,1H3. The summed E-state index contributed by atoms with van der Waals surface area (Å²) >= 11 is 1.81. The summed E-state index contributed by atoms with van der Waals surface area (Å²) in [5.41, 5.74) is 2.64. The van der Waals surface area contributed by atoms with E-state index in [-0.39, 0.29) is 0 Å². The van der Waals surface area contributed by atoms with Gasteiger partial charge in [-0.2, -0.15) is 0 Å². The monoisotopic (exact) mass is 259 g/mol. The van der Waals surface area contributed by atoms with E-state index in [0.717, 1.165) is 25.2 Å². The molecule has 2 nitrogen and oxygen atoms in total. The molecule has 1 aromatic heterocycles. The lowest BCUT2D eigenvalue weighted by Gasteiger charge is -2.18. The Morgan fingerprint density at radius 3 is 3.06 bits per heavy atom. The van der Waals surface area contributed by atoms with Crippen LogP contribution in [0.25, 0.3) is 0 Å². The number of nitrogens with one attached hydrogen (secondary N) is 1. The molecule has 18 heavy (non-hydrogen) atoms. The number of ether oxygens (including phenoxy) is 1. The van der Waals surface area contributed by atoms with Gasteiger partial charge in [-0.25, -0.2) is 0 Å². The molecule has 0 bridgehead atoms. The molecule has 0 fully saturated rings. The fourth-order valence-corrected chi connectivity index (χ4v) is 3.26. The minimum Gasteiger partial charge on any atom is -0.493 e. The predicted octanol–water partition coefficient (Wildman–Crippen LogP) is 3.19. The molecule has 3 rings (SSSR count). The molecule has 0 saturated heterocycles. The number of hydrogen-bond donors (Lipinski definition) is 1. The smallest absolute Gasteiger partial charge is 0.127 e. The van der Waals surface area contributed by atoms with Crippen LogP contribution in [-0.2, 0) is 12.8 Å². The highest BCUT2D eigenvalue weighted by atomic mass is 32.1. The zero-order valence-electron chi connectivity index (χ0n) is 10.5. The van der Waals surface area contributed by atoms with Gasteiger partial charge in [-0.15, -0.1) is 11.3 Å². The van der Waals surface area contributed by atoms with Gasteiger partial charge in [-0.3, -0.25) is 0 Å². The molecule has 94 valence electrons. The maximum atomic E-state index is 5.79. The Morgan fingerprint density at radius 2 is 2.28 bits per heavy atom. The highest BCUT2D eigenvalue weighted by molar-refractivity contribution is 7.09. The summed E-state index contributed by atoms with van der Waals surface area (Å²) in [5.74, 6) is 1.11. The highest BCUT2D eigenvalue weighted by Crippen LogP contribution is 2.34. The summed E-state index contributed by atoms with van der Waals surface area (Å²) in [6, 6.07) is 11.1. The third kappa shape index (κ3) is 2.16. The molecule has 0 radical (unpaired) electrons. The fourth-order valence-electron chi connectivity index (χ4n) is 2.51. The van der Waals surface area contributed by atoms with Crippen molar-refractivity contribution < 1.29 is 4.74 Å². The van der Waals surface area contributed by atoms with Crippen molar-refractivity contribution >= 4 is 11.3 Å². The van der Waals surface area contributed by atoms with Crippen LogP contribution in [0, 0.1) is 0 Å². The molecular formula is C15H17NOS. The summed E-state index contributed by atoms with van der Waals surface area (Å²) < 4.78 is 5.79. The Kier molecular flexibility index (Phi) is 3.35. The second kappa shape index (κ2) is 5.12. The van der Waals surface area contributed by atoms with Crippen LogP contribution in [0.2, 0.25) is 0 Å². The van der Waals surface area contributed by atoms with E-state index in [1.165, 1.54) is 16.0 Å². The van der Waals surface area contributed by atoms with Crippen molar-refractivity contribution in [2.45, 2.75) is 18.9 Å². The van der Waals surface area contributed by atoms with Crippen molar-refractivity contribution in [3.8, 4) is 5.75 Å². The summed E-state index contributed by atoms with van der Waals surface area (Å²) in [4.78, 5) is 1.41. The van der Waals surface area contributed by atoms with Crippen LogP contribution >= 0.6 is 11.3 Å². The van der Waals surface area contributed by atoms with E-state index in [2.05, 4.69) is 41.0 Å². The van der Waals surface area contributed by atoms with Crippen molar-refractivity contribution in [2.24, 2.45) is 0 Å². The summed E-state index contributed by atoms with van der Waals surface area (Å²) in [7, 11) is 2.02. The number of fused-ring (bicyclic) bond motifs is 1. The van der Waals surface area contributed by atoms with Gasteiger partial charge < -0.3 is 10.1 Å². The molecule has 0 saturated carbocycles. The lowest BCUT2D eigenvalue weighted by Crippen LogP contribution is -2.19. The summed E-state index contributed by atoms with van der Waals surface area (Å²) in [6.45, 7) is 0.821. The first-order chi connectivity index (χ1) is 8.88. The van der Waals surface area contributed by atoms with E-state index in [9.17, 15) is 0 Å². The van der Waals surface area contributed by atoms with Crippen LogP contribution in [0.1, 0.15) is 22.0 Å². The number of hydrogen-bond acceptors (Lipinski definition) is 3. The molecule has 1 aliphatic heterocycles. The Bertz CT molecular complexity index is 521. The number of para-hydroxylation sites is 1. The average molecular weight is 259 g/mol. The zero-order valence-corrected chi connectivity index (χ0v) is 11.3. The van der Waals surface area contributed by atoms with Crippen molar-refractivity contribution in [1.82, 2.24) is 5.32 Å². The van der Waals surface area contributed by atoms with Gasteiger partial charge in [-0.1, -0.05) is 24.3 Å². The lowest BCUT2D eigenvalue weighted by molar-refractivity contribution is 0.349. The van der Waals surface area contributed by atoms with Crippen molar-refractivity contribution in [1.29, 1.82) is 0 Å². The zero-order chi connectivity index (χ0) is 12.4. The number of benzene rings is 1. The molecule has 1 unspecified atom stereocenters. The molecule has 0 amide bonds. The van der Waals surface area contributed by atoms with Gasteiger partial charge >= 0.3 is 0 Å². The van der Waals surface area contributed by atoms with Crippen molar-refractivity contribution in [3.05, 3.63) is 51.7 Å². The van der Waals surface area contributed by atoms with Crippen LogP contribution < -0.4 is 10.1 Å². The maximum absolute atomic E-state index is 5.79. The molecule has 0 aliphatic carbocycles. The van der Waals surface area contributed by atoms with Gasteiger partial charge in [0.05, 0.1) is 6.61 Å². The van der Waals surface area contributed by atoms with Crippen LogP contribution in [0.3, 0.4) is 0 Å². The number of likely N-dealkylation sites (N-methyl/N-ethyl adjacent to an activating group) is 1. The van der Waals surface area contributed by atoms with Crippen molar-refractivity contribution in [3.63, 3.8) is 0 Å². The average Bonchev–Trinajstić information content (AvgIpc) is 3.06. The van der Waals surface area contributed by atoms with Crippen LogP contribution in [0.4, 0.5) is 0 Å². The minimum absolute atomic E-state index is 0.330. The SMILES string of the molecule is CNC(Cc1cccs1)c1cccc2c1OCC2. The quantitative estimate of drug-likeness (QED) is 0.910. The third-order valence-electron chi connectivity index (χ3n) is 3.45. The molecule has 1 aromatic carbocycles. The summed E-state index contributed by atoms with van der Waals surface area (Å²) in [5, 5.41) is 5.55. The van der Waals surface area contributed by atoms with Gasteiger partial charge in [-0.05, 0) is 24.1 Å². The molecule has 0 spiro atoms. The topological polar surface area (TPSA) is 21.3 Å². The largest absolute Gasteiger partial charge is 0.493 e. The van der Waals surface area contributed by atoms with Gasteiger partial charge in [0.15, 0.2) is 0 Å². The minimum atomic E-state index is 0.330. The highest BCUT2D eigenvalue weighted by Gasteiger charge is 2.21. The molecule has 1 aliphatic rings. The normalized spacial score (nSPS) is 15.2. The Morgan fingerprint density at radius 1 is 1.33 bits per heavy atom. The Hall–Kier alpha value is -1.32. The molecule has 1 atom stereocenters. The Labute approximate surface area is 112 Å². The molecule has 2 heterocycles. The second-order valence-electron chi connectivity index (χ2n) is 4.56. The second-order valence-corrected chi connectivity index (χ2v) is 5.59. The van der Waals surface area contributed by atoms with E-state index in [1.807, 2.05) is 18.4 Å². The van der Waals surface area contributed by atoms with E-state index < -0.39 is 0 Å². The summed E-state index contributed by atoms with van der Waals surface area (Å²) in [6.07, 6.45) is 2.06.